The summed E-state index contributed by atoms with van der Waals surface area (Å²) in [7, 11) is 1.66. The van der Waals surface area contributed by atoms with E-state index >= 15 is 0 Å². The van der Waals surface area contributed by atoms with Crippen molar-refractivity contribution < 1.29 is 9.53 Å². The number of aromatic nitrogens is 2. The zero-order valence-electron chi connectivity index (χ0n) is 15.9. The highest BCUT2D eigenvalue weighted by Crippen LogP contribution is 2.32. The Morgan fingerprint density at radius 1 is 1.26 bits per heavy atom. The molecule has 1 saturated carbocycles. The maximum Gasteiger partial charge on any atom is 0.244 e. The molecule has 3 N–H and O–H groups in total. The Morgan fingerprint density at radius 3 is 2.85 bits per heavy atom. The molecule has 144 valence electrons. The molecule has 4 rings (SSSR count). The van der Waals surface area contributed by atoms with Gasteiger partial charge in [0.15, 0.2) is 0 Å². The summed E-state index contributed by atoms with van der Waals surface area (Å²) in [6.07, 6.45) is 5.40. The van der Waals surface area contributed by atoms with Crippen LogP contribution in [0.25, 0.3) is 0 Å². The van der Waals surface area contributed by atoms with Crippen LogP contribution in [0.3, 0.4) is 0 Å². The number of nitrogens with one attached hydrogen (secondary N) is 3. The summed E-state index contributed by atoms with van der Waals surface area (Å²) in [5.41, 5.74) is 8.39. The van der Waals surface area contributed by atoms with Crippen molar-refractivity contribution in [3.05, 3.63) is 41.6 Å². The maximum atomic E-state index is 12.8. The van der Waals surface area contributed by atoms with Gasteiger partial charge in [-0.05, 0) is 43.9 Å². The van der Waals surface area contributed by atoms with Crippen LogP contribution in [0.2, 0.25) is 0 Å². The Morgan fingerprint density at radius 2 is 2.07 bits per heavy atom. The number of amides is 1. The lowest BCUT2D eigenvalue weighted by molar-refractivity contribution is -0.117. The molecule has 2 fully saturated rings. The summed E-state index contributed by atoms with van der Waals surface area (Å²) in [4.78, 5) is 12.8. The van der Waals surface area contributed by atoms with Crippen LogP contribution in [0.5, 0.6) is 5.75 Å². The molecule has 2 aliphatic rings. The number of carbonyl (C=O) groups is 1. The van der Waals surface area contributed by atoms with E-state index in [4.69, 9.17) is 4.74 Å². The minimum Gasteiger partial charge on any atom is -0.497 e. The number of nitrogens with zero attached hydrogens (tertiary/aromatic N) is 2. The van der Waals surface area contributed by atoms with Crippen molar-refractivity contribution in [1.82, 2.24) is 20.6 Å². The van der Waals surface area contributed by atoms with Crippen molar-refractivity contribution in [2.24, 2.45) is 0 Å². The Kier molecular flexibility index (Phi) is 5.13. The van der Waals surface area contributed by atoms with E-state index in [0.717, 1.165) is 35.7 Å². The van der Waals surface area contributed by atoms with Crippen molar-refractivity contribution in [2.45, 2.75) is 57.2 Å². The van der Waals surface area contributed by atoms with Crippen molar-refractivity contribution in [2.75, 3.05) is 12.4 Å². The molecule has 2 atom stereocenters. The molecule has 2 aromatic rings. The Labute approximate surface area is 159 Å². The zero-order chi connectivity index (χ0) is 18.8. The fourth-order valence-electron chi connectivity index (χ4n) is 4.06. The largest absolute Gasteiger partial charge is 0.497 e. The lowest BCUT2D eigenvalue weighted by atomic mass is 10.0. The maximum absolute atomic E-state index is 12.8. The Balaban J connectivity index is 1.42. The molecule has 1 amide bonds. The smallest absolute Gasteiger partial charge is 0.244 e. The van der Waals surface area contributed by atoms with Gasteiger partial charge < -0.3 is 10.1 Å². The van der Waals surface area contributed by atoms with Crippen LogP contribution in [0.4, 0.5) is 5.82 Å². The highest BCUT2D eigenvalue weighted by molar-refractivity contribution is 5.94. The molecule has 0 radical (unpaired) electrons. The van der Waals surface area contributed by atoms with E-state index in [0.29, 0.717) is 12.5 Å². The van der Waals surface area contributed by atoms with Gasteiger partial charge in [-0.25, -0.2) is 15.5 Å². The fourth-order valence-corrected chi connectivity index (χ4v) is 4.06. The molecule has 1 saturated heterocycles. The number of anilines is 1. The number of ether oxygens (including phenoxy) is 1. The van der Waals surface area contributed by atoms with Crippen LogP contribution in [-0.2, 0) is 4.79 Å². The lowest BCUT2D eigenvalue weighted by Gasteiger charge is -2.16. The minimum absolute atomic E-state index is 0.0351. The van der Waals surface area contributed by atoms with Gasteiger partial charge in [0.1, 0.15) is 17.6 Å². The summed E-state index contributed by atoms with van der Waals surface area (Å²) in [6.45, 7) is 1.97. The number of hydrogen-bond acceptors (Lipinski definition) is 5. The Hall–Kier alpha value is -2.38. The summed E-state index contributed by atoms with van der Waals surface area (Å²) < 4.78 is 7.30. The molecule has 0 spiro atoms. The predicted octanol–water partition coefficient (Wildman–Crippen LogP) is 2.86. The van der Waals surface area contributed by atoms with Crippen LogP contribution in [-0.4, -0.2) is 28.8 Å². The molecule has 7 heteroatoms. The van der Waals surface area contributed by atoms with Crippen LogP contribution >= 0.6 is 0 Å². The van der Waals surface area contributed by atoms with Gasteiger partial charge in [-0.15, -0.1) is 0 Å². The third kappa shape index (κ3) is 3.84. The van der Waals surface area contributed by atoms with Crippen molar-refractivity contribution >= 4 is 11.7 Å². The third-order valence-electron chi connectivity index (χ3n) is 5.50. The van der Waals surface area contributed by atoms with E-state index in [-0.39, 0.29) is 18.0 Å². The summed E-state index contributed by atoms with van der Waals surface area (Å²) in [5.74, 6) is 1.58. The number of hydrazine groups is 1. The van der Waals surface area contributed by atoms with Gasteiger partial charge in [0.05, 0.1) is 18.8 Å². The molecular formula is C20H27N5O2. The van der Waals surface area contributed by atoms with E-state index in [1.54, 1.807) is 7.11 Å². The first-order chi connectivity index (χ1) is 13.1. The number of rotatable bonds is 5. The van der Waals surface area contributed by atoms with E-state index in [2.05, 4.69) is 21.3 Å². The van der Waals surface area contributed by atoms with Crippen LogP contribution in [0, 0.1) is 6.92 Å². The number of methoxy groups -OCH3 is 1. The van der Waals surface area contributed by atoms with Gasteiger partial charge >= 0.3 is 0 Å². The first kappa shape index (κ1) is 18.0. The number of benzene rings is 1. The second kappa shape index (κ2) is 7.70. The summed E-state index contributed by atoms with van der Waals surface area (Å²) >= 11 is 0. The van der Waals surface area contributed by atoms with Crippen molar-refractivity contribution in [1.29, 1.82) is 0 Å². The van der Waals surface area contributed by atoms with E-state index in [9.17, 15) is 4.79 Å². The molecular weight excluding hydrogens is 342 g/mol. The topological polar surface area (TPSA) is 80.2 Å². The van der Waals surface area contributed by atoms with Gasteiger partial charge in [-0.2, -0.15) is 5.10 Å². The van der Waals surface area contributed by atoms with E-state index < -0.39 is 0 Å². The van der Waals surface area contributed by atoms with Gasteiger partial charge in [0.25, 0.3) is 0 Å². The minimum atomic E-state index is -0.298. The average Bonchev–Trinajstić information content (AvgIpc) is 3.42. The monoisotopic (exact) mass is 369 g/mol. The molecule has 0 bridgehead atoms. The molecule has 7 nitrogen and oxygen atoms in total. The van der Waals surface area contributed by atoms with Crippen LogP contribution in [0.15, 0.2) is 30.3 Å². The van der Waals surface area contributed by atoms with Gasteiger partial charge in [-0.1, -0.05) is 25.0 Å². The van der Waals surface area contributed by atoms with Crippen molar-refractivity contribution in [3.63, 3.8) is 0 Å². The second-order valence-corrected chi connectivity index (χ2v) is 7.45. The highest BCUT2D eigenvalue weighted by Gasteiger charge is 2.31. The normalized spacial score (nSPS) is 22.9. The standard InChI is InChI=1S/C20H27N5O2/c1-13-10-19(25(24-13)15-7-3-4-8-15)21-20(26)18-12-17(22-23-18)14-6-5-9-16(11-14)27-2/h5-6,9-11,15,17-18,22-23H,3-4,7-8,12H2,1-2H3,(H,21,26). The molecule has 27 heavy (non-hydrogen) atoms. The van der Waals surface area contributed by atoms with E-state index in [1.807, 2.05) is 41.9 Å². The molecule has 1 aromatic heterocycles. The van der Waals surface area contributed by atoms with Gasteiger partial charge in [0, 0.05) is 12.1 Å². The van der Waals surface area contributed by atoms with E-state index in [1.165, 1.54) is 12.8 Å². The average molecular weight is 369 g/mol. The van der Waals surface area contributed by atoms with Crippen LogP contribution < -0.4 is 20.9 Å². The molecule has 1 aliphatic carbocycles. The lowest BCUT2D eigenvalue weighted by Crippen LogP contribution is -2.40. The molecule has 1 aromatic carbocycles. The highest BCUT2D eigenvalue weighted by atomic mass is 16.5. The predicted molar refractivity (Wildman–Crippen MR) is 104 cm³/mol. The van der Waals surface area contributed by atoms with Gasteiger partial charge in [0.2, 0.25) is 5.91 Å². The van der Waals surface area contributed by atoms with Crippen LogP contribution in [0.1, 0.15) is 55.4 Å². The van der Waals surface area contributed by atoms with Gasteiger partial charge in [-0.3, -0.25) is 4.79 Å². The molecule has 2 heterocycles. The zero-order valence-corrected chi connectivity index (χ0v) is 15.9. The first-order valence-electron chi connectivity index (χ1n) is 9.66. The summed E-state index contributed by atoms with van der Waals surface area (Å²) in [6, 6.07) is 10.0. The van der Waals surface area contributed by atoms with Crippen molar-refractivity contribution in [3.8, 4) is 5.75 Å². The second-order valence-electron chi connectivity index (χ2n) is 7.45. The fraction of sp³-hybridized carbons (Fsp3) is 0.500. The first-order valence-corrected chi connectivity index (χ1v) is 9.66. The number of carbonyl (C=O) groups excluding carboxylic acids is 1. The SMILES string of the molecule is COc1cccc(C2CC(C(=O)Nc3cc(C)nn3C3CCCC3)NN2)c1. The Bertz CT molecular complexity index is 812. The third-order valence-corrected chi connectivity index (χ3v) is 5.50. The molecule has 2 unspecified atom stereocenters. The summed E-state index contributed by atoms with van der Waals surface area (Å²) in [5, 5.41) is 7.69. The number of hydrogen-bond donors (Lipinski definition) is 3. The quantitative estimate of drug-likeness (QED) is 0.755. The molecule has 1 aliphatic heterocycles. The number of aryl methyl sites for hydroxylation is 1.